The predicted octanol–water partition coefficient (Wildman–Crippen LogP) is 6.85. The number of hydrogen-bond donors (Lipinski definition) is 0. The van der Waals surface area contributed by atoms with Gasteiger partial charge in [0.25, 0.3) is 5.91 Å². The molecule has 1 amide bonds. The van der Waals surface area contributed by atoms with Gasteiger partial charge in [0.05, 0.1) is 11.4 Å². The Morgan fingerprint density at radius 3 is 2.24 bits per heavy atom. The van der Waals surface area contributed by atoms with Crippen LogP contribution in [0.25, 0.3) is 12.2 Å². The minimum absolute atomic E-state index is 0.00470. The second-order valence-corrected chi connectivity index (χ2v) is 9.65. The largest absolute Gasteiger partial charge is 0.334 e. The van der Waals surface area contributed by atoms with Crippen molar-refractivity contribution in [2.75, 3.05) is 18.5 Å². The molecule has 3 aromatic rings. The molecule has 33 heavy (non-hydrogen) atoms. The molecule has 0 unspecified atom stereocenters. The molecule has 2 aliphatic heterocycles. The van der Waals surface area contributed by atoms with E-state index < -0.39 is 0 Å². The molecule has 5 rings (SSSR count). The fraction of sp³-hybridized carbons (Fsp3) is 0.111. The van der Waals surface area contributed by atoms with Crippen molar-refractivity contribution < 1.29 is 4.79 Å². The topological polar surface area (TPSA) is 35.9 Å². The zero-order chi connectivity index (χ0) is 22.8. The highest BCUT2D eigenvalue weighted by Crippen LogP contribution is 2.50. The van der Waals surface area contributed by atoms with Gasteiger partial charge in [0, 0.05) is 18.5 Å². The Hall–Kier alpha value is -3.22. The molecular weight excluding hydrogens is 446 g/mol. The van der Waals surface area contributed by atoms with E-state index in [1.165, 1.54) is 16.7 Å². The Balaban J connectivity index is 1.37. The standard InChI is InChI=1S/C27H23N3OS2/c1-3-30-22-11-7-8-12-23(22)32-26(30)24-25(31)29(2)27(33-24)28-21-17-15-20(16-18-21)14-13-19-9-5-4-6-10-19/h4-18H,3H2,1-2H3/b14-13-,26-24+,28-27?. The average Bonchev–Trinajstić information content (AvgIpc) is 3.36. The molecule has 164 valence electrons. The molecule has 4 nitrogen and oxygen atoms in total. The quantitative estimate of drug-likeness (QED) is 0.309. The number of carbonyl (C=O) groups is 1. The summed E-state index contributed by atoms with van der Waals surface area (Å²) in [5.41, 5.74) is 4.26. The number of likely N-dealkylation sites (N-methyl/N-ethyl adjacent to an activating group) is 1. The van der Waals surface area contributed by atoms with Crippen molar-refractivity contribution in [1.29, 1.82) is 0 Å². The molecule has 3 aromatic carbocycles. The molecule has 0 N–H and O–H groups in total. The lowest BCUT2D eigenvalue weighted by Gasteiger charge is -2.18. The van der Waals surface area contributed by atoms with Crippen LogP contribution in [-0.2, 0) is 4.79 Å². The van der Waals surface area contributed by atoms with Gasteiger partial charge in [0.15, 0.2) is 5.17 Å². The number of benzene rings is 3. The van der Waals surface area contributed by atoms with Gasteiger partial charge in [0.1, 0.15) is 9.93 Å². The van der Waals surface area contributed by atoms with Crippen molar-refractivity contribution in [1.82, 2.24) is 4.90 Å². The second-order valence-electron chi connectivity index (χ2n) is 7.64. The number of aliphatic imine (C=N–C) groups is 1. The molecule has 0 bridgehead atoms. The summed E-state index contributed by atoms with van der Waals surface area (Å²) >= 11 is 3.11. The Bertz CT molecular complexity index is 1280. The van der Waals surface area contributed by atoms with Gasteiger partial charge < -0.3 is 4.90 Å². The fourth-order valence-corrected chi connectivity index (χ4v) is 6.10. The van der Waals surface area contributed by atoms with E-state index in [1.807, 2.05) is 54.6 Å². The molecule has 0 saturated carbocycles. The third-order valence-corrected chi connectivity index (χ3v) is 7.92. The van der Waals surface area contributed by atoms with Gasteiger partial charge in [-0.25, -0.2) is 4.99 Å². The van der Waals surface area contributed by atoms with Crippen LogP contribution in [0.2, 0.25) is 0 Å². The molecule has 0 aliphatic carbocycles. The van der Waals surface area contributed by atoms with Gasteiger partial charge >= 0.3 is 0 Å². The monoisotopic (exact) mass is 469 g/mol. The van der Waals surface area contributed by atoms with Crippen LogP contribution in [0.5, 0.6) is 0 Å². The van der Waals surface area contributed by atoms with Crippen molar-refractivity contribution in [2.24, 2.45) is 4.99 Å². The van der Waals surface area contributed by atoms with Crippen molar-refractivity contribution in [2.45, 2.75) is 11.8 Å². The van der Waals surface area contributed by atoms with Gasteiger partial charge in [-0.1, -0.05) is 78.5 Å². The molecule has 0 spiro atoms. The number of hydrogen-bond acceptors (Lipinski definition) is 5. The summed E-state index contributed by atoms with van der Waals surface area (Å²) in [7, 11) is 1.79. The summed E-state index contributed by atoms with van der Waals surface area (Å²) in [6.07, 6.45) is 4.18. The van der Waals surface area contributed by atoms with E-state index in [-0.39, 0.29) is 5.91 Å². The Kier molecular flexibility index (Phi) is 6.11. The molecular formula is C27H23N3OS2. The second kappa shape index (κ2) is 9.33. The van der Waals surface area contributed by atoms with Crippen LogP contribution >= 0.6 is 23.5 Å². The van der Waals surface area contributed by atoms with E-state index >= 15 is 0 Å². The van der Waals surface area contributed by atoms with Crippen LogP contribution in [0.15, 0.2) is 98.7 Å². The van der Waals surface area contributed by atoms with Crippen LogP contribution in [0.3, 0.4) is 0 Å². The number of rotatable bonds is 4. The zero-order valence-electron chi connectivity index (χ0n) is 18.4. The van der Waals surface area contributed by atoms with Crippen LogP contribution < -0.4 is 4.90 Å². The first-order valence-electron chi connectivity index (χ1n) is 10.8. The molecule has 2 aliphatic rings. The van der Waals surface area contributed by atoms with Crippen LogP contribution in [0.4, 0.5) is 11.4 Å². The minimum Gasteiger partial charge on any atom is -0.334 e. The van der Waals surface area contributed by atoms with Gasteiger partial charge in [-0.3, -0.25) is 9.69 Å². The number of amides is 1. The maximum Gasteiger partial charge on any atom is 0.269 e. The van der Waals surface area contributed by atoms with Crippen LogP contribution in [-0.4, -0.2) is 29.6 Å². The number of carbonyl (C=O) groups excluding carboxylic acids is 1. The summed E-state index contributed by atoms with van der Waals surface area (Å²) in [6.45, 7) is 2.92. The van der Waals surface area contributed by atoms with Gasteiger partial charge in [-0.2, -0.15) is 0 Å². The van der Waals surface area contributed by atoms with Crippen molar-refractivity contribution >= 4 is 58.1 Å². The fourth-order valence-electron chi connectivity index (χ4n) is 3.72. The lowest BCUT2D eigenvalue weighted by atomic mass is 10.1. The maximum atomic E-state index is 13.1. The number of thioether (sulfide) groups is 2. The highest BCUT2D eigenvalue weighted by Gasteiger charge is 2.37. The Labute approximate surface area is 202 Å². The predicted molar refractivity (Wildman–Crippen MR) is 142 cm³/mol. The lowest BCUT2D eigenvalue weighted by molar-refractivity contribution is -0.121. The highest BCUT2D eigenvalue weighted by molar-refractivity contribution is 8.19. The third kappa shape index (κ3) is 4.36. The van der Waals surface area contributed by atoms with E-state index in [0.29, 0.717) is 5.17 Å². The van der Waals surface area contributed by atoms with E-state index in [1.54, 1.807) is 23.7 Å². The van der Waals surface area contributed by atoms with Crippen molar-refractivity contribution in [3.63, 3.8) is 0 Å². The summed E-state index contributed by atoms with van der Waals surface area (Å²) in [5, 5.41) is 1.69. The maximum absolute atomic E-state index is 13.1. The number of anilines is 1. The lowest BCUT2D eigenvalue weighted by Crippen LogP contribution is -2.25. The van der Waals surface area contributed by atoms with E-state index in [2.05, 4.69) is 48.2 Å². The van der Waals surface area contributed by atoms with Crippen LogP contribution in [0.1, 0.15) is 18.1 Å². The normalized spacial score (nSPS) is 19.2. The molecule has 0 atom stereocenters. The molecule has 1 saturated heterocycles. The van der Waals surface area contributed by atoms with Gasteiger partial charge in [0.2, 0.25) is 0 Å². The summed E-state index contributed by atoms with van der Waals surface area (Å²) in [5.74, 6) is -0.00470. The number of fused-ring (bicyclic) bond motifs is 1. The van der Waals surface area contributed by atoms with E-state index in [4.69, 9.17) is 4.99 Å². The van der Waals surface area contributed by atoms with Crippen molar-refractivity contribution in [3.05, 3.63) is 99.9 Å². The molecule has 0 radical (unpaired) electrons. The number of para-hydroxylation sites is 1. The summed E-state index contributed by atoms with van der Waals surface area (Å²) < 4.78 is 0. The minimum atomic E-state index is -0.00470. The van der Waals surface area contributed by atoms with Gasteiger partial charge in [-0.05, 0) is 54.1 Å². The zero-order valence-corrected chi connectivity index (χ0v) is 20.1. The molecule has 2 heterocycles. The first kappa shape index (κ1) is 21.6. The molecule has 0 aromatic heterocycles. The molecule has 1 fully saturated rings. The SMILES string of the molecule is CCN1/C(=C2\SC(=Nc3ccc(/C=C\c4ccccc4)cc3)N(C)C2=O)Sc2ccccc21. The first-order valence-corrected chi connectivity index (χ1v) is 12.4. The van der Waals surface area contributed by atoms with E-state index in [9.17, 15) is 4.79 Å². The summed E-state index contributed by atoms with van der Waals surface area (Å²) in [4.78, 5) is 23.6. The smallest absolute Gasteiger partial charge is 0.269 e. The van der Waals surface area contributed by atoms with Crippen LogP contribution in [0, 0.1) is 0 Å². The molecule has 6 heteroatoms. The van der Waals surface area contributed by atoms with Gasteiger partial charge in [-0.15, -0.1) is 0 Å². The average molecular weight is 470 g/mol. The highest BCUT2D eigenvalue weighted by atomic mass is 32.2. The van der Waals surface area contributed by atoms with Crippen molar-refractivity contribution in [3.8, 4) is 0 Å². The first-order chi connectivity index (χ1) is 16.1. The summed E-state index contributed by atoms with van der Waals surface area (Å²) in [6, 6.07) is 26.6. The number of amidine groups is 1. The number of nitrogens with zero attached hydrogens (tertiary/aromatic N) is 3. The Morgan fingerprint density at radius 1 is 0.848 bits per heavy atom. The third-order valence-electron chi connectivity index (χ3n) is 5.48. The van der Waals surface area contributed by atoms with E-state index in [0.717, 1.165) is 39.0 Å². The Morgan fingerprint density at radius 2 is 1.52 bits per heavy atom.